The highest BCUT2D eigenvalue weighted by Crippen LogP contribution is 2.29. The van der Waals surface area contributed by atoms with Crippen molar-refractivity contribution in [3.05, 3.63) is 29.8 Å². The Kier molecular flexibility index (Phi) is 4.61. The van der Waals surface area contributed by atoms with Crippen molar-refractivity contribution in [2.75, 3.05) is 25.2 Å². The fourth-order valence-corrected chi connectivity index (χ4v) is 2.61. The molecule has 3 heteroatoms. The van der Waals surface area contributed by atoms with Crippen LogP contribution in [0.3, 0.4) is 0 Å². The predicted octanol–water partition coefficient (Wildman–Crippen LogP) is 2.71. The summed E-state index contributed by atoms with van der Waals surface area (Å²) in [6.45, 7) is 3.88. The first-order valence-corrected chi connectivity index (χ1v) is 6.89. The van der Waals surface area contributed by atoms with Gasteiger partial charge in [0.2, 0.25) is 0 Å². The second kappa shape index (κ2) is 6.21. The minimum Gasteiger partial charge on any atom is -0.381 e. The van der Waals surface area contributed by atoms with E-state index in [0.717, 1.165) is 32.5 Å². The van der Waals surface area contributed by atoms with Gasteiger partial charge in [-0.1, -0.05) is 25.1 Å². The molecule has 1 aliphatic rings. The van der Waals surface area contributed by atoms with E-state index >= 15 is 0 Å². The maximum atomic E-state index is 6.21. The lowest BCUT2D eigenvalue weighted by atomic mass is 10.00. The van der Waals surface area contributed by atoms with Crippen LogP contribution in [0, 0.1) is 0 Å². The van der Waals surface area contributed by atoms with E-state index in [-0.39, 0.29) is 6.04 Å². The Labute approximate surface area is 110 Å². The third kappa shape index (κ3) is 2.85. The summed E-state index contributed by atoms with van der Waals surface area (Å²) < 4.78 is 5.43. The molecule has 1 aromatic rings. The van der Waals surface area contributed by atoms with E-state index in [0.29, 0.717) is 6.04 Å². The van der Waals surface area contributed by atoms with E-state index in [9.17, 15) is 0 Å². The lowest BCUT2D eigenvalue weighted by Crippen LogP contribution is -2.37. The van der Waals surface area contributed by atoms with Crippen LogP contribution in [0.15, 0.2) is 24.3 Å². The normalized spacial score (nSPS) is 18.6. The van der Waals surface area contributed by atoms with Crippen LogP contribution in [0.4, 0.5) is 5.69 Å². The van der Waals surface area contributed by atoms with Gasteiger partial charge in [0, 0.05) is 38.0 Å². The maximum absolute atomic E-state index is 6.21. The van der Waals surface area contributed by atoms with Crippen LogP contribution >= 0.6 is 0 Å². The number of nitrogens with two attached hydrogens (primary N) is 1. The molecule has 18 heavy (non-hydrogen) atoms. The second-order valence-corrected chi connectivity index (χ2v) is 5.03. The highest BCUT2D eigenvalue weighted by atomic mass is 16.5. The van der Waals surface area contributed by atoms with Crippen molar-refractivity contribution in [2.45, 2.75) is 38.3 Å². The highest BCUT2D eigenvalue weighted by Gasteiger charge is 2.21. The molecule has 1 unspecified atom stereocenters. The van der Waals surface area contributed by atoms with Gasteiger partial charge in [-0.15, -0.1) is 0 Å². The largest absolute Gasteiger partial charge is 0.381 e. The Morgan fingerprint density at radius 2 is 2.00 bits per heavy atom. The molecular formula is C15H24N2O. The van der Waals surface area contributed by atoms with Crippen molar-refractivity contribution < 1.29 is 4.74 Å². The number of anilines is 1. The molecule has 0 spiro atoms. The van der Waals surface area contributed by atoms with E-state index in [4.69, 9.17) is 10.5 Å². The topological polar surface area (TPSA) is 38.5 Å². The Morgan fingerprint density at radius 3 is 2.67 bits per heavy atom. The van der Waals surface area contributed by atoms with Gasteiger partial charge in [-0.05, 0) is 30.9 Å². The van der Waals surface area contributed by atoms with E-state index in [1.165, 1.54) is 11.3 Å². The Hall–Kier alpha value is -1.06. The molecule has 1 aliphatic heterocycles. The van der Waals surface area contributed by atoms with Gasteiger partial charge in [0.25, 0.3) is 0 Å². The number of hydrogen-bond donors (Lipinski definition) is 1. The molecule has 2 N–H and O–H groups in total. The van der Waals surface area contributed by atoms with Crippen molar-refractivity contribution in [3.8, 4) is 0 Å². The number of para-hydroxylation sites is 1. The predicted molar refractivity (Wildman–Crippen MR) is 75.9 cm³/mol. The van der Waals surface area contributed by atoms with E-state index in [2.05, 4.69) is 43.1 Å². The lowest BCUT2D eigenvalue weighted by molar-refractivity contribution is 0.0854. The smallest absolute Gasteiger partial charge is 0.0485 e. The van der Waals surface area contributed by atoms with Crippen LogP contribution in [0.1, 0.15) is 37.8 Å². The molecule has 1 atom stereocenters. The summed E-state index contributed by atoms with van der Waals surface area (Å²) in [5.41, 5.74) is 8.75. The third-order valence-corrected chi connectivity index (χ3v) is 3.89. The molecule has 0 radical (unpaired) electrons. The average molecular weight is 248 g/mol. The number of benzene rings is 1. The molecule has 0 amide bonds. The number of ether oxygens (including phenoxy) is 1. The van der Waals surface area contributed by atoms with Gasteiger partial charge in [-0.3, -0.25) is 0 Å². The molecule has 1 aromatic carbocycles. The van der Waals surface area contributed by atoms with Crippen molar-refractivity contribution in [3.63, 3.8) is 0 Å². The summed E-state index contributed by atoms with van der Waals surface area (Å²) in [5, 5.41) is 0. The first-order chi connectivity index (χ1) is 8.74. The number of hydrogen-bond acceptors (Lipinski definition) is 3. The first-order valence-electron chi connectivity index (χ1n) is 6.89. The van der Waals surface area contributed by atoms with Crippen LogP contribution in [-0.2, 0) is 4.74 Å². The van der Waals surface area contributed by atoms with E-state index in [1.54, 1.807) is 0 Å². The fraction of sp³-hybridized carbons (Fsp3) is 0.600. The van der Waals surface area contributed by atoms with Crippen molar-refractivity contribution >= 4 is 5.69 Å². The van der Waals surface area contributed by atoms with Gasteiger partial charge >= 0.3 is 0 Å². The summed E-state index contributed by atoms with van der Waals surface area (Å²) in [7, 11) is 2.18. The van der Waals surface area contributed by atoms with Gasteiger partial charge in [0.1, 0.15) is 0 Å². The Balaban J connectivity index is 2.20. The molecule has 1 saturated heterocycles. The van der Waals surface area contributed by atoms with Crippen LogP contribution in [-0.4, -0.2) is 26.3 Å². The average Bonchev–Trinajstić information content (AvgIpc) is 2.46. The quantitative estimate of drug-likeness (QED) is 0.890. The van der Waals surface area contributed by atoms with Gasteiger partial charge < -0.3 is 15.4 Å². The molecule has 3 nitrogen and oxygen atoms in total. The van der Waals surface area contributed by atoms with Crippen molar-refractivity contribution in [1.29, 1.82) is 0 Å². The zero-order valence-corrected chi connectivity index (χ0v) is 11.4. The summed E-state index contributed by atoms with van der Waals surface area (Å²) in [6.07, 6.45) is 3.18. The molecule has 0 bridgehead atoms. The second-order valence-electron chi connectivity index (χ2n) is 5.03. The molecule has 0 saturated carbocycles. The number of rotatable bonds is 4. The van der Waals surface area contributed by atoms with Gasteiger partial charge in [-0.2, -0.15) is 0 Å². The number of nitrogens with zero attached hydrogens (tertiary/aromatic N) is 1. The van der Waals surface area contributed by atoms with Crippen LogP contribution in [0.2, 0.25) is 0 Å². The zero-order chi connectivity index (χ0) is 13.0. The van der Waals surface area contributed by atoms with Crippen molar-refractivity contribution in [2.24, 2.45) is 5.73 Å². The molecule has 2 rings (SSSR count). The Morgan fingerprint density at radius 1 is 1.33 bits per heavy atom. The molecular weight excluding hydrogens is 224 g/mol. The minimum absolute atomic E-state index is 0.128. The molecule has 0 aliphatic carbocycles. The van der Waals surface area contributed by atoms with Gasteiger partial charge in [0.05, 0.1) is 0 Å². The zero-order valence-electron chi connectivity index (χ0n) is 11.4. The fourth-order valence-electron chi connectivity index (χ4n) is 2.61. The summed E-state index contributed by atoms with van der Waals surface area (Å²) in [4.78, 5) is 2.38. The molecule has 100 valence electrons. The molecule has 1 fully saturated rings. The summed E-state index contributed by atoms with van der Waals surface area (Å²) in [5.74, 6) is 0. The monoisotopic (exact) mass is 248 g/mol. The first kappa shape index (κ1) is 13.4. The van der Waals surface area contributed by atoms with E-state index in [1.807, 2.05) is 0 Å². The highest BCUT2D eigenvalue weighted by molar-refractivity contribution is 5.55. The van der Waals surface area contributed by atoms with Crippen LogP contribution in [0.5, 0.6) is 0 Å². The minimum atomic E-state index is 0.128. The standard InChI is InChI=1S/C15H24N2O/c1-3-14(16)13-6-4-5-7-15(13)17(2)12-8-10-18-11-9-12/h4-7,12,14H,3,8-11,16H2,1-2H3. The molecule has 0 aromatic heterocycles. The molecule has 1 heterocycles. The maximum Gasteiger partial charge on any atom is 0.0485 e. The summed E-state index contributed by atoms with van der Waals surface area (Å²) >= 11 is 0. The van der Waals surface area contributed by atoms with Gasteiger partial charge in [-0.25, -0.2) is 0 Å². The third-order valence-electron chi connectivity index (χ3n) is 3.89. The lowest BCUT2D eigenvalue weighted by Gasteiger charge is -2.34. The van der Waals surface area contributed by atoms with Crippen molar-refractivity contribution in [1.82, 2.24) is 0 Å². The van der Waals surface area contributed by atoms with E-state index < -0.39 is 0 Å². The van der Waals surface area contributed by atoms with Gasteiger partial charge in [0.15, 0.2) is 0 Å². The SMILES string of the molecule is CCC(N)c1ccccc1N(C)C1CCOCC1. The Bertz CT molecular complexity index is 375. The van der Waals surface area contributed by atoms with Crippen LogP contribution < -0.4 is 10.6 Å². The summed E-state index contributed by atoms with van der Waals surface area (Å²) in [6, 6.07) is 9.20. The van der Waals surface area contributed by atoms with Crippen LogP contribution in [0.25, 0.3) is 0 Å².